The van der Waals surface area contributed by atoms with E-state index < -0.39 is 0 Å². The van der Waals surface area contributed by atoms with Gasteiger partial charge in [-0.05, 0) is 50.1 Å². The quantitative estimate of drug-likeness (QED) is 0.498. The van der Waals surface area contributed by atoms with Crippen LogP contribution in [0, 0.1) is 6.92 Å². The lowest BCUT2D eigenvalue weighted by molar-refractivity contribution is -0.116. The molecule has 3 aromatic rings. The molecule has 0 aliphatic heterocycles. The molecule has 2 amide bonds. The highest BCUT2D eigenvalue weighted by Gasteiger charge is 2.15. The average molecular weight is 433 g/mol. The third-order valence-corrected chi connectivity index (χ3v) is 5.05. The predicted octanol–water partition coefficient (Wildman–Crippen LogP) is 4.88. The summed E-state index contributed by atoms with van der Waals surface area (Å²) in [5, 5.41) is 6.66. The van der Waals surface area contributed by atoms with Crippen molar-refractivity contribution in [3.63, 3.8) is 0 Å². The van der Waals surface area contributed by atoms with Crippen molar-refractivity contribution in [2.75, 3.05) is 11.9 Å². The van der Waals surface area contributed by atoms with E-state index in [0.717, 1.165) is 18.5 Å². The molecule has 152 valence electrons. The van der Waals surface area contributed by atoms with E-state index in [4.69, 9.17) is 23.2 Å². The molecule has 8 heteroatoms. The first-order chi connectivity index (χ1) is 14.0. The van der Waals surface area contributed by atoms with Crippen LogP contribution in [0.2, 0.25) is 10.0 Å². The Morgan fingerprint density at radius 1 is 1.10 bits per heavy atom. The number of nitrogens with zero attached hydrogens (tertiary/aromatic N) is 2. The molecule has 0 radical (unpaired) electrons. The smallest absolute Gasteiger partial charge is 0.270 e. The van der Waals surface area contributed by atoms with Crippen molar-refractivity contribution in [2.24, 2.45) is 0 Å². The third kappa shape index (κ3) is 5.49. The summed E-state index contributed by atoms with van der Waals surface area (Å²) < 4.78 is 1.79. The monoisotopic (exact) mass is 432 g/mol. The highest BCUT2D eigenvalue weighted by molar-refractivity contribution is 6.35. The fourth-order valence-electron chi connectivity index (χ4n) is 3.07. The molecule has 2 N–H and O–H groups in total. The molecule has 0 saturated carbocycles. The van der Waals surface area contributed by atoms with Crippen LogP contribution in [0.3, 0.4) is 0 Å². The Balaban J connectivity index is 1.38. The predicted molar refractivity (Wildman–Crippen MR) is 116 cm³/mol. The fourth-order valence-corrected chi connectivity index (χ4v) is 3.40. The molecule has 0 atom stereocenters. The number of carbonyl (C=O) groups excluding carboxylic acids is 2. The van der Waals surface area contributed by atoms with E-state index in [1.54, 1.807) is 22.6 Å². The van der Waals surface area contributed by atoms with Gasteiger partial charge in [-0.15, -0.1) is 0 Å². The molecule has 29 heavy (non-hydrogen) atoms. The number of carbonyl (C=O) groups is 2. The zero-order valence-electron chi connectivity index (χ0n) is 16.0. The first-order valence-electron chi connectivity index (χ1n) is 9.42. The summed E-state index contributed by atoms with van der Waals surface area (Å²) in [4.78, 5) is 28.9. The van der Waals surface area contributed by atoms with Crippen LogP contribution in [0.15, 0.2) is 42.6 Å². The first-order valence-corrected chi connectivity index (χ1v) is 10.2. The number of fused-ring (bicyclic) bond motifs is 1. The van der Waals surface area contributed by atoms with Crippen LogP contribution in [0.5, 0.6) is 0 Å². The number of imidazole rings is 1. The van der Waals surface area contributed by atoms with Crippen LogP contribution in [0.25, 0.3) is 5.65 Å². The molecule has 0 unspecified atom stereocenters. The molecule has 0 aliphatic rings. The van der Waals surface area contributed by atoms with Gasteiger partial charge >= 0.3 is 0 Å². The number of hydrogen-bond donors (Lipinski definition) is 2. The van der Waals surface area contributed by atoms with Crippen LogP contribution in [-0.4, -0.2) is 27.7 Å². The number of pyridine rings is 1. The lowest BCUT2D eigenvalue weighted by Crippen LogP contribution is -2.26. The van der Waals surface area contributed by atoms with Gasteiger partial charge in [-0.25, -0.2) is 4.98 Å². The van der Waals surface area contributed by atoms with Crippen LogP contribution in [0.1, 0.15) is 41.9 Å². The summed E-state index contributed by atoms with van der Waals surface area (Å²) in [6.07, 6.45) is 4.53. The summed E-state index contributed by atoms with van der Waals surface area (Å²) in [7, 11) is 0. The SMILES string of the molecule is Cc1nc2ccccn2c1C(=O)NCCCCCC(=O)Nc1cc(Cl)ccc1Cl. The minimum atomic E-state index is -0.144. The van der Waals surface area contributed by atoms with Gasteiger partial charge in [0.1, 0.15) is 11.3 Å². The van der Waals surface area contributed by atoms with Crippen molar-refractivity contribution in [3.8, 4) is 0 Å². The van der Waals surface area contributed by atoms with Crippen LogP contribution in [0.4, 0.5) is 5.69 Å². The lowest BCUT2D eigenvalue weighted by atomic mass is 10.2. The average Bonchev–Trinajstić information content (AvgIpc) is 3.03. The minimum Gasteiger partial charge on any atom is -0.351 e. The van der Waals surface area contributed by atoms with E-state index >= 15 is 0 Å². The maximum Gasteiger partial charge on any atom is 0.270 e. The van der Waals surface area contributed by atoms with Gasteiger partial charge in [0.2, 0.25) is 5.91 Å². The van der Waals surface area contributed by atoms with Crippen molar-refractivity contribution in [1.29, 1.82) is 0 Å². The Labute approximate surface area is 179 Å². The number of amides is 2. The molecular formula is C21H22Cl2N4O2. The van der Waals surface area contributed by atoms with E-state index in [0.29, 0.717) is 46.5 Å². The largest absolute Gasteiger partial charge is 0.351 e. The number of rotatable bonds is 8. The van der Waals surface area contributed by atoms with Crippen LogP contribution >= 0.6 is 23.2 Å². The summed E-state index contributed by atoms with van der Waals surface area (Å²) in [6.45, 7) is 2.37. The number of nitrogens with one attached hydrogen (secondary N) is 2. The molecule has 0 saturated heterocycles. The summed E-state index contributed by atoms with van der Waals surface area (Å²) >= 11 is 12.0. The number of anilines is 1. The van der Waals surface area contributed by atoms with Gasteiger partial charge < -0.3 is 10.6 Å². The van der Waals surface area contributed by atoms with Gasteiger partial charge in [0.05, 0.1) is 16.4 Å². The van der Waals surface area contributed by atoms with E-state index in [9.17, 15) is 9.59 Å². The summed E-state index contributed by atoms with van der Waals surface area (Å²) in [6, 6.07) is 10.6. The maximum absolute atomic E-state index is 12.5. The van der Waals surface area contributed by atoms with Crippen molar-refractivity contribution >= 4 is 46.4 Å². The number of halogens is 2. The van der Waals surface area contributed by atoms with E-state index in [2.05, 4.69) is 15.6 Å². The molecular weight excluding hydrogens is 411 g/mol. The van der Waals surface area contributed by atoms with Gasteiger partial charge in [-0.3, -0.25) is 14.0 Å². The second-order valence-electron chi connectivity index (χ2n) is 6.71. The first kappa shape index (κ1) is 21.1. The number of aryl methyl sites for hydroxylation is 1. The molecule has 0 aliphatic carbocycles. The molecule has 0 bridgehead atoms. The zero-order chi connectivity index (χ0) is 20.8. The Kier molecular flexibility index (Phi) is 7.12. The molecule has 2 aromatic heterocycles. The maximum atomic E-state index is 12.5. The number of aromatic nitrogens is 2. The minimum absolute atomic E-state index is 0.112. The Hall–Kier alpha value is -2.57. The van der Waals surface area contributed by atoms with Crippen molar-refractivity contribution in [3.05, 3.63) is 64.0 Å². The van der Waals surface area contributed by atoms with Gasteiger partial charge in [-0.2, -0.15) is 0 Å². The van der Waals surface area contributed by atoms with Crippen molar-refractivity contribution in [2.45, 2.75) is 32.6 Å². The van der Waals surface area contributed by atoms with E-state index in [-0.39, 0.29) is 11.8 Å². The fraction of sp³-hybridized carbons (Fsp3) is 0.286. The van der Waals surface area contributed by atoms with E-state index in [1.165, 1.54) is 0 Å². The molecule has 3 rings (SSSR count). The molecule has 0 fully saturated rings. The Bertz CT molecular complexity index is 1030. The number of hydrogen-bond acceptors (Lipinski definition) is 3. The van der Waals surface area contributed by atoms with Crippen LogP contribution < -0.4 is 10.6 Å². The van der Waals surface area contributed by atoms with Crippen molar-refractivity contribution < 1.29 is 9.59 Å². The number of unbranched alkanes of at least 4 members (excludes halogenated alkanes) is 2. The molecule has 1 aromatic carbocycles. The number of benzene rings is 1. The van der Waals surface area contributed by atoms with Gasteiger partial charge in [-0.1, -0.05) is 35.7 Å². The highest BCUT2D eigenvalue weighted by Crippen LogP contribution is 2.25. The van der Waals surface area contributed by atoms with Crippen molar-refractivity contribution in [1.82, 2.24) is 14.7 Å². The standard InChI is InChI=1S/C21H22Cl2N4O2/c1-14-20(27-12-6-4-7-18(27)25-14)21(29)24-11-5-2-3-8-19(28)26-17-13-15(22)9-10-16(17)23/h4,6-7,9-10,12-13H,2-3,5,8,11H2,1H3,(H,24,29)(H,26,28). The van der Waals surface area contributed by atoms with E-state index in [1.807, 2.05) is 31.3 Å². The van der Waals surface area contributed by atoms with Gasteiger partial charge in [0, 0.05) is 24.2 Å². The second-order valence-corrected chi connectivity index (χ2v) is 7.56. The lowest BCUT2D eigenvalue weighted by Gasteiger charge is -2.08. The molecule has 0 spiro atoms. The molecule has 2 heterocycles. The highest BCUT2D eigenvalue weighted by atomic mass is 35.5. The summed E-state index contributed by atoms with van der Waals surface area (Å²) in [5.41, 5.74) is 2.52. The molecule has 6 nitrogen and oxygen atoms in total. The third-order valence-electron chi connectivity index (χ3n) is 4.49. The Morgan fingerprint density at radius 2 is 1.93 bits per heavy atom. The van der Waals surface area contributed by atoms with Gasteiger partial charge in [0.25, 0.3) is 5.91 Å². The normalized spacial score (nSPS) is 10.9. The zero-order valence-corrected chi connectivity index (χ0v) is 17.6. The summed E-state index contributed by atoms with van der Waals surface area (Å²) in [5.74, 6) is -0.255. The topological polar surface area (TPSA) is 75.5 Å². The Morgan fingerprint density at radius 3 is 2.76 bits per heavy atom. The van der Waals surface area contributed by atoms with Crippen LogP contribution in [-0.2, 0) is 4.79 Å². The second kappa shape index (κ2) is 9.76. The van der Waals surface area contributed by atoms with Gasteiger partial charge in [0.15, 0.2) is 0 Å².